The van der Waals surface area contributed by atoms with E-state index in [0.717, 1.165) is 36.7 Å². The second kappa shape index (κ2) is 9.50. The normalized spacial score (nSPS) is 13.5. The molecule has 1 aliphatic rings. The van der Waals surface area contributed by atoms with Gasteiger partial charge in [0.2, 0.25) is 0 Å². The third-order valence-corrected chi connectivity index (χ3v) is 2.99. The number of anilines is 1. The summed E-state index contributed by atoms with van der Waals surface area (Å²) in [5.41, 5.74) is 1.92. The average molecular weight is 417 g/mol. The Labute approximate surface area is 148 Å². The van der Waals surface area contributed by atoms with Gasteiger partial charge in [0.1, 0.15) is 0 Å². The number of rotatable bonds is 4. The van der Waals surface area contributed by atoms with Crippen LogP contribution in [0.2, 0.25) is 0 Å². The molecule has 0 atom stereocenters. The predicted octanol–water partition coefficient (Wildman–Crippen LogP) is 2.27. The number of nitrogens with one attached hydrogen (secondary N) is 4. The number of halogens is 1. The Kier molecular flexibility index (Phi) is 8.00. The number of amides is 2. The molecule has 1 heterocycles. The molecule has 1 aromatic carbocycles. The standard InChI is InChI=1S/C15H23N5O.HI/c1-11(2)19-15(21)20-13-6-4-12(5-7-13)10-18-14-16-8-3-9-17-14;/h4-7,11H,3,8-10H2,1-2H3,(H2,16,17,18)(H2,19,20,21);1H. The zero-order valence-corrected chi connectivity index (χ0v) is 15.3. The van der Waals surface area contributed by atoms with Gasteiger partial charge in [-0.3, -0.25) is 4.99 Å². The molecule has 0 spiro atoms. The van der Waals surface area contributed by atoms with E-state index in [2.05, 4.69) is 26.3 Å². The number of guanidine groups is 1. The number of urea groups is 1. The SMILES string of the molecule is CC(C)NC(=O)Nc1ccc(CNC2=NCCCN2)cc1.I. The maximum Gasteiger partial charge on any atom is 0.319 e. The van der Waals surface area contributed by atoms with Crippen LogP contribution in [0.15, 0.2) is 29.3 Å². The van der Waals surface area contributed by atoms with E-state index in [-0.39, 0.29) is 36.0 Å². The summed E-state index contributed by atoms with van der Waals surface area (Å²) in [5, 5.41) is 12.1. The first-order chi connectivity index (χ1) is 10.1. The highest BCUT2D eigenvalue weighted by Crippen LogP contribution is 2.09. The topological polar surface area (TPSA) is 77.6 Å². The van der Waals surface area contributed by atoms with E-state index in [4.69, 9.17) is 0 Å². The number of aliphatic imine (C=N–C) groups is 1. The summed E-state index contributed by atoms with van der Waals surface area (Å²) in [6.07, 6.45) is 1.09. The lowest BCUT2D eigenvalue weighted by Gasteiger charge is -2.16. The minimum Gasteiger partial charge on any atom is -0.356 e. The molecule has 0 fully saturated rings. The number of carbonyl (C=O) groups is 1. The number of hydrogen-bond donors (Lipinski definition) is 4. The molecule has 2 amide bonds. The Morgan fingerprint density at radius 3 is 2.64 bits per heavy atom. The van der Waals surface area contributed by atoms with Gasteiger partial charge in [-0.2, -0.15) is 0 Å². The van der Waals surface area contributed by atoms with Gasteiger partial charge in [-0.1, -0.05) is 12.1 Å². The van der Waals surface area contributed by atoms with Crippen molar-refractivity contribution in [1.82, 2.24) is 16.0 Å². The molecular formula is C15H24IN5O. The second-order valence-electron chi connectivity index (χ2n) is 5.31. The highest BCUT2D eigenvalue weighted by Gasteiger charge is 2.05. The van der Waals surface area contributed by atoms with Crippen molar-refractivity contribution in [2.45, 2.75) is 32.9 Å². The van der Waals surface area contributed by atoms with Gasteiger partial charge in [0, 0.05) is 31.4 Å². The molecule has 122 valence electrons. The molecule has 2 rings (SSSR count). The van der Waals surface area contributed by atoms with Crippen molar-refractivity contribution in [1.29, 1.82) is 0 Å². The molecule has 1 aromatic rings. The fourth-order valence-corrected chi connectivity index (χ4v) is 1.97. The molecule has 0 unspecified atom stereocenters. The van der Waals surface area contributed by atoms with Crippen molar-refractivity contribution in [2.24, 2.45) is 4.99 Å². The van der Waals surface area contributed by atoms with Gasteiger partial charge in [-0.05, 0) is 38.0 Å². The van der Waals surface area contributed by atoms with Crippen LogP contribution < -0.4 is 21.3 Å². The fourth-order valence-electron chi connectivity index (χ4n) is 1.97. The molecular weight excluding hydrogens is 393 g/mol. The molecule has 0 radical (unpaired) electrons. The Hall–Kier alpha value is -1.51. The van der Waals surface area contributed by atoms with E-state index < -0.39 is 0 Å². The third-order valence-electron chi connectivity index (χ3n) is 2.99. The van der Waals surface area contributed by atoms with Crippen molar-refractivity contribution < 1.29 is 4.79 Å². The lowest BCUT2D eigenvalue weighted by Crippen LogP contribution is -2.40. The van der Waals surface area contributed by atoms with E-state index in [1.807, 2.05) is 38.1 Å². The van der Waals surface area contributed by atoms with Crippen LogP contribution in [0, 0.1) is 0 Å². The van der Waals surface area contributed by atoms with Gasteiger partial charge >= 0.3 is 6.03 Å². The van der Waals surface area contributed by atoms with Crippen LogP contribution in [0.4, 0.5) is 10.5 Å². The van der Waals surface area contributed by atoms with E-state index in [0.29, 0.717) is 6.54 Å². The summed E-state index contributed by atoms with van der Waals surface area (Å²) in [6, 6.07) is 7.71. The number of benzene rings is 1. The van der Waals surface area contributed by atoms with Crippen LogP contribution in [0.3, 0.4) is 0 Å². The van der Waals surface area contributed by atoms with Crippen LogP contribution in [0.5, 0.6) is 0 Å². The molecule has 0 saturated heterocycles. The van der Waals surface area contributed by atoms with Crippen molar-refractivity contribution in [3.63, 3.8) is 0 Å². The Morgan fingerprint density at radius 2 is 2.05 bits per heavy atom. The second-order valence-corrected chi connectivity index (χ2v) is 5.31. The predicted molar refractivity (Wildman–Crippen MR) is 101 cm³/mol. The van der Waals surface area contributed by atoms with Gasteiger partial charge < -0.3 is 21.3 Å². The zero-order valence-electron chi connectivity index (χ0n) is 13.0. The van der Waals surface area contributed by atoms with E-state index in [1.54, 1.807) is 0 Å². The molecule has 22 heavy (non-hydrogen) atoms. The Balaban J connectivity index is 0.00000242. The van der Waals surface area contributed by atoms with Gasteiger partial charge in [0.15, 0.2) is 5.96 Å². The first-order valence-electron chi connectivity index (χ1n) is 7.32. The van der Waals surface area contributed by atoms with Crippen LogP contribution in [-0.4, -0.2) is 31.1 Å². The first kappa shape index (κ1) is 18.5. The van der Waals surface area contributed by atoms with Crippen LogP contribution >= 0.6 is 24.0 Å². The highest BCUT2D eigenvalue weighted by molar-refractivity contribution is 14.0. The van der Waals surface area contributed by atoms with Gasteiger partial charge in [-0.15, -0.1) is 24.0 Å². The largest absolute Gasteiger partial charge is 0.356 e. The zero-order chi connectivity index (χ0) is 15.1. The summed E-state index contributed by atoms with van der Waals surface area (Å²) in [5.74, 6) is 0.861. The lowest BCUT2D eigenvalue weighted by atomic mass is 10.2. The molecule has 0 aromatic heterocycles. The van der Waals surface area contributed by atoms with Crippen molar-refractivity contribution in [2.75, 3.05) is 18.4 Å². The van der Waals surface area contributed by atoms with Gasteiger partial charge in [-0.25, -0.2) is 4.79 Å². The van der Waals surface area contributed by atoms with E-state index >= 15 is 0 Å². The maximum absolute atomic E-state index is 11.6. The van der Waals surface area contributed by atoms with Crippen LogP contribution in [0.25, 0.3) is 0 Å². The maximum atomic E-state index is 11.6. The smallest absolute Gasteiger partial charge is 0.319 e. The minimum atomic E-state index is -0.184. The molecule has 1 aliphatic heterocycles. The fraction of sp³-hybridized carbons (Fsp3) is 0.467. The van der Waals surface area contributed by atoms with Crippen molar-refractivity contribution >= 4 is 41.7 Å². The highest BCUT2D eigenvalue weighted by atomic mass is 127. The van der Waals surface area contributed by atoms with E-state index in [1.165, 1.54) is 0 Å². The third kappa shape index (κ3) is 6.50. The van der Waals surface area contributed by atoms with Gasteiger partial charge in [0.25, 0.3) is 0 Å². The summed E-state index contributed by atoms with van der Waals surface area (Å²) in [7, 11) is 0. The summed E-state index contributed by atoms with van der Waals surface area (Å²) in [6.45, 7) is 6.42. The Bertz CT molecular complexity index is 501. The molecule has 0 saturated carbocycles. The van der Waals surface area contributed by atoms with Crippen molar-refractivity contribution in [3.05, 3.63) is 29.8 Å². The number of nitrogens with zero attached hydrogens (tertiary/aromatic N) is 1. The molecule has 4 N–H and O–H groups in total. The molecule has 7 heteroatoms. The van der Waals surface area contributed by atoms with Crippen LogP contribution in [-0.2, 0) is 6.54 Å². The molecule has 0 bridgehead atoms. The molecule has 6 nitrogen and oxygen atoms in total. The van der Waals surface area contributed by atoms with Crippen LogP contribution in [0.1, 0.15) is 25.8 Å². The summed E-state index contributed by atoms with van der Waals surface area (Å²) in [4.78, 5) is 15.9. The first-order valence-corrected chi connectivity index (χ1v) is 7.32. The monoisotopic (exact) mass is 417 g/mol. The number of hydrogen-bond acceptors (Lipinski definition) is 4. The Morgan fingerprint density at radius 1 is 1.32 bits per heavy atom. The summed E-state index contributed by atoms with van der Waals surface area (Å²) >= 11 is 0. The average Bonchev–Trinajstić information content (AvgIpc) is 2.47. The van der Waals surface area contributed by atoms with E-state index in [9.17, 15) is 4.79 Å². The van der Waals surface area contributed by atoms with Crippen molar-refractivity contribution in [3.8, 4) is 0 Å². The number of carbonyl (C=O) groups excluding carboxylic acids is 1. The minimum absolute atomic E-state index is 0. The molecule has 0 aliphatic carbocycles. The summed E-state index contributed by atoms with van der Waals surface area (Å²) < 4.78 is 0. The van der Waals surface area contributed by atoms with Gasteiger partial charge in [0.05, 0.1) is 0 Å². The lowest BCUT2D eigenvalue weighted by molar-refractivity contribution is 0.250. The quantitative estimate of drug-likeness (QED) is 0.568.